The molecule has 6 heteroatoms. The maximum Gasteiger partial charge on any atom is 0.310 e. The van der Waals surface area contributed by atoms with E-state index in [2.05, 4.69) is 0 Å². The molecule has 0 spiro atoms. The first kappa shape index (κ1) is 10.4. The van der Waals surface area contributed by atoms with Gasteiger partial charge in [0.2, 0.25) is 0 Å². The fraction of sp³-hybridized carbons (Fsp3) is 0.300. The zero-order valence-electron chi connectivity index (χ0n) is 8.33. The molecular weight excluding hydrogens is 210 g/mol. The topological polar surface area (TPSA) is 90.4 Å². The van der Waals surface area contributed by atoms with E-state index in [1.165, 1.54) is 6.07 Å². The summed E-state index contributed by atoms with van der Waals surface area (Å²) in [7, 11) is 0. The van der Waals surface area contributed by atoms with Gasteiger partial charge in [0.25, 0.3) is 0 Å². The molecule has 6 nitrogen and oxygen atoms in total. The standard InChI is InChI=1S/C10H9N3O3/c11-4-7-2-1-3-9(10(7)13(15)16)12-5-8(14)6-12/h1-3,8,14H,5-6H2. The van der Waals surface area contributed by atoms with Gasteiger partial charge in [0, 0.05) is 13.1 Å². The Morgan fingerprint density at radius 2 is 2.25 bits per heavy atom. The molecule has 0 saturated carbocycles. The second kappa shape index (κ2) is 3.79. The van der Waals surface area contributed by atoms with Gasteiger partial charge in [-0.1, -0.05) is 6.07 Å². The molecule has 1 aliphatic heterocycles. The Morgan fingerprint density at radius 3 is 2.75 bits per heavy atom. The summed E-state index contributed by atoms with van der Waals surface area (Å²) in [5.41, 5.74) is 0.259. The largest absolute Gasteiger partial charge is 0.389 e. The van der Waals surface area contributed by atoms with E-state index in [4.69, 9.17) is 10.4 Å². The SMILES string of the molecule is N#Cc1cccc(N2CC(O)C2)c1[N+](=O)[O-]. The van der Waals surface area contributed by atoms with Crippen LogP contribution in [-0.2, 0) is 0 Å². The molecule has 1 aliphatic rings. The van der Waals surface area contributed by atoms with Crippen molar-refractivity contribution in [2.24, 2.45) is 0 Å². The lowest BCUT2D eigenvalue weighted by Gasteiger charge is -2.37. The maximum atomic E-state index is 10.9. The molecule has 0 amide bonds. The van der Waals surface area contributed by atoms with Crippen LogP contribution in [0.1, 0.15) is 5.56 Å². The highest BCUT2D eigenvalue weighted by Crippen LogP contribution is 2.33. The van der Waals surface area contributed by atoms with Gasteiger partial charge in [-0.3, -0.25) is 10.1 Å². The molecule has 82 valence electrons. The first-order valence-electron chi connectivity index (χ1n) is 4.74. The molecular formula is C10H9N3O3. The molecule has 1 N–H and O–H groups in total. The summed E-state index contributed by atoms with van der Waals surface area (Å²) in [5.74, 6) is 0. The van der Waals surface area contributed by atoms with Crippen molar-refractivity contribution in [3.05, 3.63) is 33.9 Å². The first-order valence-corrected chi connectivity index (χ1v) is 4.74. The van der Waals surface area contributed by atoms with Crippen LogP contribution in [0.4, 0.5) is 11.4 Å². The normalized spacial score (nSPS) is 15.4. The van der Waals surface area contributed by atoms with Crippen molar-refractivity contribution in [1.82, 2.24) is 0 Å². The highest BCUT2D eigenvalue weighted by atomic mass is 16.6. The number of β-amino-alcohol motifs (C(OH)–C–C–N with tert-alkyl or cyclic N) is 1. The van der Waals surface area contributed by atoms with Crippen molar-refractivity contribution in [3.63, 3.8) is 0 Å². The number of aliphatic hydroxyl groups is 1. The Morgan fingerprint density at radius 1 is 1.56 bits per heavy atom. The van der Waals surface area contributed by atoms with Gasteiger partial charge in [0.05, 0.1) is 11.0 Å². The van der Waals surface area contributed by atoms with E-state index in [1.54, 1.807) is 23.1 Å². The quantitative estimate of drug-likeness (QED) is 0.582. The smallest absolute Gasteiger partial charge is 0.310 e. The van der Waals surface area contributed by atoms with Crippen LogP contribution in [0.5, 0.6) is 0 Å². The van der Waals surface area contributed by atoms with Gasteiger partial charge in [0.1, 0.15) is 17.3 Å². The maximum absolute atomic E-state index is 10.9. The van der Waals surface area contributed by atoms with Crippen LogP contribution < -0.4 is 4.90 Å². The second-order valence-corrected chi connectivity index (χ2v) is 3.60. The number of hydrogen-bond acceptors (Lipinski definition) is 5. The number of hydrogen-bond donors (Lipinski definition) is 1. The minimum Gasteiger partial charge on any atom is -0.389 e. The molecule has 0 radical (unpaired) electrons. The number of nitro benzene ring substituents is 1. The highest BCUT2D eigenvalue weighted by molar-refractivity contribution is 5.70. The summed E-state index contributed by atoms with van der Waals surface area (Å²) < 4.78 is 0. The van der Waals surface area contributed by atoms with Crippen molar-refractivity contribution in [3.8, 4) is 6.07 Å². The Labute approximate surface area is 91.5 Å². The minimum absolute atomic E-state index is 0.0453. The molecule has 2 rings (SSSR count). The van der Waals surface area contributed by atoms with Crippen LogP contribution in [0.15, 0.2) is 18.2 Å². The fourth-order valence-corrected chi connectivity index (χ4v) is 1.72. The second-order valence-electron chi connectivity index (χ2n) is 3.60. The van der Waals surface area contributed by atoms with Gasteiger partial charge >= 0.3 is 5.69 Å². The average molecular weight is 219 g/mol. The Hall–Kier alpha value is -2.13. The van der Waals surface area contributed by atoms with E-state index in [1.807, 2.05) is 0 Å². The lowest BCUT2D eigenvalue weighted by Crippen LogP contribution is -2.51. The predicted molar refractivity (Wildman–Crippen MR) is 56.0 cm³/mol. The summed E-state index contributed by atoms with van der Waals surface area (Å²) in [6.45, 7) is 0.742. The van der Waals surface area contributed by atoms with Gasteiger partial charge in [-0.2, -0.15) is 5.26 Å². The molecule has 0 aliphatic carbocycles. The molecule has 1 heterocycles. The fourth-order valence-electron chi connectivity index (χ4n) is 1.72. The van der Waals surface area contributed by atoms with E-state index in [0.717, 1.165) is 0 Å². The van der Waals surface area contributed by atoms with Crippen LogP contribution in [0.3, 0.4) is 0 Å². The zero-order chi connectivity index (χ0) is 11.7. The Kier molecular flexibility index (Phi) is 2.46. The summed E-state index contributed by atoms with van der Waals surface area (Å²) in [6, 6.07) is 6.41. The van der Waals surface area contributed by atoms with Crippen molar-refractivity contribution in [2.75, 3.05) is 18.0 Å². The molecule has 1 fully saturated rings. The average Bonchev–Trinajstić information content (AvgIpc) is 2.23. The van der Waals surface area contributed by atoms with Gasteiger partial charge in [-0.25, -0.2) is 0 Å². The van der Waals surface area contributed by atoms with E-state index < -0.39 is 11.0 Å². The molecule has 0 aromatic heterocycles. The molecule has 1 saturated heterocycles. The zero-order valence-corrected chi connectivity index (χ0v) is 8.33. The summed E-state index contributed by atoms with van der Waals surface area (Å²) in [6.07, 6.45) is -0.439. The number of nitriles is 1. The number of aliphatic hydroxyl groups excluding tert-OH is 1. The third kappa shape index (κ3) is 1.57. The summed E-state index contributed by atoms with van der Waals surface area (Å²) in [5, 5.41) is 28.8. The van der Waals surface area contributed by atoms with E-state index in [0.29, 0.717) is 18.8 Å². The predicted octanol–water partition coefficient (Wildman–Crippen LogP) is 0.647. The van der Waals surface area contributed by atoms with Crippen molar-refractivity contribution < 1.29 is 10.0 Å². The molecule has 0 atom stereocenters. The number of nitro groups is 1. The summed E-state index contributed by atoms with van der Waals surface area (Å²) >= 11 is 0. The number of para-hydroxylation sites is 1. The van der Waals surface area contributed by atoms with Crippen LogP contribution in [-0.4, -0.2) is 29.2 Å². The molecule has 0 bridgehead atoms. The van der Waals surface area contributed by atoms with Crippen LogP contribution in [0.2, 0.25) is 0 Å². The molecule has 1 aromatic rings. The molecule has 0 unspecified atom stereocenters. The van der Waals surface area contributed by atoms with E-state index >= 15 is 0 Å². The van der Waals surface area contributed by atoms with Gasteiger partial charge < -0.3 is 10.0 Å². The minimum atomic E-state index is -0.557. The van der Waals surface area contributed by atoms with Crippen molar-refractivity contribution in [1.29, 1.82) is 5.26 Å². The summed E-state index contributed by atoms with van der Waals surface area (Å²) in [4.78, 5) is 12.0. The Balaban J connectivity index is 2.45. The first-order chi connectivity index (χ1) is 7.63. The van der Waals surface area contributed by atoms with Crippen LogP contribution in [0, 0.1) is 21.4 Å². The lowest BCUT2D eigenvalue weighted by atomic mass is 10.1. The number of nitrogens with zero attached hydrogens (tertiary/aromatic N) is 3. The Bertz CT molecular complexity index is 475. The van der Waals surface area contributed by atoms with Gasteiger partial charge in [-0.05, 0) is 12.1 Å². The third-order valence-corrected chi connectivity index (χ3v) is 2.52. The van der Waals surface area contributed by atoms with E-state index in [9.17, 15) is 10.1 Å². The monoisotopic (exact) mass is 219 g/mol. The van der Waals surface area contributed by atoms with Crippen LogP contribution in [0.25, 0.3) is 0 Å². The number of rotatable bonds is 2. The van der Waals surface area contributed by atoms with Crippen molar-refractivity contribution in [2.45, 2.75) is 6.10 Å². The van der Waals surface area contributed by atoms with Gasteiger partial charge in [0.15, 0.2) is 0 Å². The van der Waals surface area contributed by atoms with E-state index in [-0.39, 0.29) is 11.3 Å². The molecule has 1 aromatic carbocycles. The third-order valence-electron chi connectivity index (χ3n) is 2.52. The number of benzene rings is 1. The highest BCUT2D eigenvalue weighted by Gasteiger charge is 2.31. The van der Waals surface area contributed by atoms with Crippen LogP contribution >= 0.6 is 0 Å². The number of anilines is 1. The molecule has 16 heavy (non-hydrogen) atoms. The van der Waals surface area contributed by atoms with Gasteiger partial charge in [-0.15, -0.1) is 0 Å². The van der Waals surface area contributed by atoms with Crippen molar-refractivity contribution >= 4 is 11.4 Å². The lowest BCUT2D eigenvalue weighted by molar-refractivity contribution is -0.384.